The molecule has 0 unspecified atom stereocenters. The summed E-state index contributed by atoms with van der Waals surface area (Å²) in [6.07, 6.45) is 1.97. The average molecular weight is 327 g/mol. The summed E-state index contributed by atoms with van der Waals surface area (Å²) < 4.78 is 0. The van der Waals surface area contributed by atoms with Crippen LogP contribution in [0.5, 0.6) is 0 Å². The minimum atomic E-state index is -0.221. The van der Waals surface area contributed by atoms with Gasteiger partial charge in [-0.3, -0.25) is 9.59 Å². The van der Waals surface area contributed by atoms with Gasteiger partial charge in [0.05, 0.1) is 5.69 Å². The molecule has 1 aliphatic heterocycles. The molecule has 1 heterocycles. The van der Waals surface area contributed by atoms with Gasteiger partial charge >= 0.3 is 0 Å². The first-order valence-corrected chi connectivity index (χ1v) is 8.60. The summed E-state index contributed by atoms with van der Waals surface area (Å²) in [5, 5.41) is 1.97. The number of imide groups is 1. The van der Waals surface area contributed by atoms with E-state index in [2.05, 4.69) is 0 Å². The quantitative estimate of drug-likeness (QED) is 0.623. The van der Waals surface area contributed by atoms with E-state index in [1.807, 2.05) is 56.3 Å². The number of hydrogen-bond donors (Lipinski definition) is 0. The maximum absolute atomic E-state index is 13.2. The van der Waals surface area contributed by atoms with Crippen LogP contribution >= 0.6 is 0 Å². The molecule has 0 bridgehead atoms. The first kappa shape index (κ1) is 14.4. The summed E-state index contributed by atoms with van der Waals surface area (Å²) >= 11 is 0. The highest BCUT2D eigenvalue weighted by Crippen LogP contribution is 2.40. The lowest BCUT2D eigenvalue weighted by Crippen LogP contribution is -2.41. The zero-order chi connectivity index (χ0) is 17.3. The van der Waals surface area contributed by atoms with Gasteiger partial charge in [-0.25, -0.2) is 4.90 Å². The van der Waals surface area contributed by atoms with Crippen LogP contribution in [-0.4, -0.2) is 11.8 Å². The molecule has 3 aromatic carbocycles. The molecular formula is C22H17NO2. The summed E-state index contributed by atoms with van der Waals surface area (Å²) in [4.78, 5) is 27.8. The normalized spacial score (nSPS) is 15.4. The van der Waals surface area contributed by atoms with Crippen LogP contribution in [0.2, 0.25) is 0 Å². The number of carbonyl (C=O) groups excluding carboxylic acids is 2. The van der Waals surface area contributed by atoms with Gasteiger partial charge in [-0.05, 0) is 72.5 Å². The van der Waals surface area contributed by atoms with Crippen LogP contribution in [0.25, 0.3) is 10.8 Å². The minimum Gasteiger partial charge on any atom is -0.268 e. The fraction of sp³-hybridized carbons (Fsp3) is 0.182. The first-order chi connectivity index (χ1) is 12.1. The van der Waals surface area contributed by atoms with Gasteiger partial charge in [0.25, 0.3) is 11.8 Å². The Hall–Kier alpha value is -2.94. The van der Waals surface area contributed by atoms with E-state index < -0.39 is 0 Å². The van der Waals surface area contributed by atoms with E-state index in [0.29, 0.717) is 16.8 Å². The number of carbonyl (C=O) groups is 2. The SMILES string of the molecule is Cc1ccc(C)c(N2C(=O)c3ccc4c5c(ccc(c35)C2=O)CC4)c1. The number of hydrogen-bond acceptors (Lipinski definition) is 2. The topological polar surface area (TPSA) is 37.4 Å². The minimum absolute atomic E-state index is 0.221. The number of benzene rings is 3. The monoisotopic (exact) mass is 327 g/mol. The molecule has 3 heteroatoms. The van der Waals surface area contributed by atoms with Crippen molar-refractivity contribution in [1.29, 1.82) is 0 Å². The van der Waals surface area contributed by atoms with Crippen LogP contribution in [-0.2, 0) is 12.8 Å². The second-order valence-electron chi connectivity index (χ2n) is 7.03. The summed E-state index contributed by atoms with van der Waals surface area (Å²) in [6, 6.07) is 13.7. The lowest BCUT2D eigenvalue weighted by Gasteiger charge is -2.29. The predicted molar refractivity (Wildman–Crippen MR) is 98.4 cm³/mol. The third-order valence-electron chi connectivity index (χ3n) is 5.47. The molecule has 122 valence electrons. The van der Waals surface area contributed by atoms with Crippen molar-refractivity contribution in [2.45, 2.75) is 26.7 Å². The third-order valence-corrected chi connectivity index (χ3v) is 5.47. The van der Waals surface area contributed by atoms with Crippen LogP contribution in [0.15, 0.2) is 42.5 Å². The Balaban J connectivity index is 1.81. The van der Waals surface area contributed by atoms with E-state index in [1.165, 1.54) is 16.0 Å². The lowest BCUT2D eigenvalue weighted by atomic mass is 9.90. The van der Waals surface area contributed by atoms with Gasteiger partial charge in [0.1, 0.15) is 0 Å². The molecule has 5 rings (SSSR count). The van der Waals surface area contributed by atoms with Crippen molar-refractivity contribution in [2.75, 3.05) is 4.90 Å². The van der Waals surface area contributed by atoms with Crippen molar-refractivity contribution >= 4 is 28.3 Å². The van der Waals surface area contributed by atoms with Gasteiger partial charge in [-0.1, -0.05) is 24.3 Å². The molecule has 0 atom stereocenters. The Morgan fingerprint density at radius 1 is 0.760 bits per heavy atom. The summed E-state index contributed by atoms with van der Waals surface area (Å²) in [5.74, 6) is -0.441. The van der Waals surface area contributed by atoms with Gasteiger partial charge in [-0.2, -0.15) is 0 Å². The Bertz CT molecular complexity index is 1050. The molecule has 0 saturated heterocycles. The maximum atomic E-state index is 13.2. The van der Waals surface area contributed by atoms with Gasteiger partial charge in [0, 0.05) is 16.5 Å². The van der Waals surface area contributed by atoms with Crippen LogP contribution < -0.4 is 4.90 Å². The molecule has 0 saturated carbocycles. The van der Waals surface area contributed by atoms with Crippen LogP contribution in [0.4, 0.5) is 5.69 Å². The molecule has 2 amide bonds. The third kappa shape index (κ3) is 1.81. The Morgan fingerprint density at radius 3 is 1.96 bits per heavy atom. The number of aryl methyl sites for hydroxylation is 4. The highest BCUT2D eigenvalue weighted by molar-refractivity contribution is 6.36. The standard InChI is InChI=1S/C22H17NO2/c1-12-3-4-13(2)18(11-12)23-21(24)16-9-7-14-5-6-15-8-10-17(22(23)25)20(16)19(14)15/h3-4,7-11H,5-6H2,1-2H3. The molecule has 0 fully saturated rings. The van der Waals surface area contributed by atoms with Gasteiger partial charge in [0.15, 0.2) is 0 Å². The lowest BCUT2D eigenvalue weighted by molar-refractivity contribution is 0.0893. The van der Waals surface area contributed by atoms with E-state index in [4.69, 9.17) is 0 Å². The highest BCUT2D eigenvalue weighted by atomic mass is 16.2. The zero-order valence-electron chi connectivity index (χ0n) is 14.2. The van der Waals surface area contributed by atoms with Gasteiger partial charge in [0.2, 0.25) is 0 Å². The molecule has 25 heavy (non-hydrogen) atoms. The number of anilines is 1. The van der Waals surface area contributed by atoms with Crippen molar-refractivity contribution < 1.29 is 9.59 Å². The van der Waals surface area contributed by atoms with Gasteiger partial charge < -0.3 is 0 Å². The second kappa shape index (κ2) is 4.79. The number of amides is 2. The van der Waals surface area contributed by atoms with E-state index >= 15 is 0 Å². The van der Waals surface area contributed by atoms with Gasteiger partial charge in [-0.15, -0.1) is 0 Å². The van der Waals surface area contributed by atoms with E-state index in [9.17, 15) is 9.59 Å². The molecular weight excluding hydrogens is 310 g/mol. The summed E-state index contributed by atoms with van der Waals surface area (Å²) in [7, 11) is 0. The van der Waals surface area contributed by atoms with Crippen molar-refractivity contribution in [3.05, 3.63) is 75.8 Å². The average Bonchev–Trinajstić information content (AvgIpc) is 3.03. The van der Waals surface area contributed by atoms with Crippen molar-refractivity contribution in [3.63, 3.8) is 0 Å². The van der Waals surface area contributed by atoms with Crippen molar-refractivity contribution in [2.24, 2.45) is 0 Å². The molecule has 0 spiro atoms. The number of nitrogens with zero attached hydrogens (tertiary/aromatic N) is 1. The highest BCUT2D eigenvalue weighted by Gasteiger charge is 2.36. The van der Waals surface area contributed by atoms with Crippen LogP contribution in [0.3, 0.4) is 0 Å². The van der Waals surface area contributed by atoms with Crippen LogP contribution in [0.1, 0.15) is 43.0 Å². The number of rotatable bonds is 1. The Kier molecular flexibility index (Phi) is 2.76. The Labute approximate surface area is 145 Å². The predicted octanol–water partition coefficient (Wildman–Crippen LogP) is 4.36. The fourth-order valence-corrected chi connectivity index (χ4v) is 4.20. The molecule has 2 aliphatic rings. The zero-order valence-corrected chi connectivity index (χ0v) is 14.2. The molecule has 1 aliphatic carbocycles. The van der Waals surface area contributed by atoms with E-state index in [1.54, 1.807) is 0 Å². The molecule has 3 nitrogen and oxygen atoms in total. The second-order valence-corrected chi connectivity index (χ2v) is 7.03. The fourth-order valence-electron chi connectivity index (χ4n) is 4.20. The van der Waals surface area contributed by atoms with E-state index in [-0.39, 0.29) is 11.8 Å². The largest absolute Gasteiger partial charge is 0.268 e. The van der Waals surface area contributed by atoms with Crippen LogP contribution in [0, 0.1) is 13.8 Å². The van der Waals surface area contributed by atoms with E-state index in [0.717, 1.165) is 34.7 Å². The maximum Gasteiger partial charge on any atom is 0.265 e. The van der Waals surface area contributed by atoms with Crippen molar-refractivity contribution in [3.8, 4) is 0 Å². The Morgan fingerprint density at radius 2 is 1.36 bits per heavy atom. The smallest absolute Gasteiger partial charge is 0.265 e. The summed E-state index contributed by atoms with van der Waals surface area (Å²) in [6.45, 7) is 3.90. The molecule has 0 radical (unpaired) electrons. The summed E-state index contributed by atoms with van der Waals surface area (Å²) in [5.41, 5.74) is 6.39. The molecule has 0 N–H and O–H groups in total. The molecule has 0 aromatic heterocycles. The van der Waals surface area contributed by atoms with Crippen molar-refractivity contribution in [1.82, 2.24) is 0 Å². The molecule has 3 aromatic rings. The first-order valence-electron chi connectivity index (χ1n) is 8.60.